The number of hydrogen-bond acceptors (Lipinski definition) is 4. The summed E-state index contributed by atoms with van der Waals surface area (Å²) < 4.78 is 20.8. The number of amides is 2. The number of primary amides is 1. The first kappa shape index (κ1) is 19.7. The quantitative estimate of drug-likeness (QED) is 0.534. The van der Waals surface area contributed by atoms with Crippen molar-refractivity contribution in [3.05, 3.63) is 83.9 Å². The fraction of sp³-hybridized carbons (Fsp3) is 0.125. The number of rotatable bonds is 4. The van der Waals surface area contributed by atoms with Crippen LogP contribution in [0.5, 0.6) is 5.75 Å². The van der Waals surface area contributed by atoms with Crippen molar-refractivity contribution in [1.29, 1.82) is 0 Å². The highest BCUT2D eigenvalue weighted by atomic mass is 19.1. The van der Waals surface area contributed by atoms with Crippen molar-refractivity contribution in [1.82, 2.24) is 9.61 Å². The normalized spacial score (nSPS) is 14.2. The number of halogens is 1. The van der Waals surface area contributed by atoms with E-state index in [2.05, 4.69) is 5.10 Å². The molecule has 4 aromatic rings. The van der Waals surface area contributed by atoms with Gasteiger partial charge >= 0.3 is 0 Å². The first-order chi connectivity index (χ1) is 15.4. The molecule has 32 heavy (non-hydrogen) atoms. The minimum absolute atomic E-state index is 0.146. The van der Waals surface area contributed by atoms with E-state index in [0.717, 1.165) is 22.2 Å². The lowest BCUT2D eigenvalue weighted by molar-refractivity contribution is -0.121. The first-order valence-electron chi connectivity index (χ1n) is 10.0. The Balaban J connectivity index is 1.55. The van der Waals surface area contributed by atoms with E-state index in [9.17, 15) is 14.0 Å². The molecule has 0 saturated heterocycles. The molecule has 0 radical (unpaired) electrons. The third kappa shape index (κ3) is 3.26. The first-order valence-corrected chi connectivity index (χ1v) is 10.0. The van der Waals surface area contributed by atoms with Crippen LogP contribution in [0.15, 0.2) is 67.0 Å². The number of anilines is 1. The fourth-order valence-electron chi connectivity index (χ4n) is 4.01. The summed E-state index contributed by atoms with van der Waals surface area (Å²) >= 11 is 0. The Bertz CT molecular complexity index is 1360. The molecule has 2 amide bonds. The number of fused-ring (bicyclic) bond motifs is 2. The van der Waals surface area contributed by atoms with E-state index >= 15 is 0 Å². The highest BCUT2D eigenvalue weighted by molar-refractivity contribution is 5.98. The van der Waals surface area contributed by atoms with Gasteiger partial charge in [0.2, 0.25) is 5.91 Å². The number of aromatic nitrogens is 2. The molecule has 1 atom stereocenters. The fourth-order valence-corrected chi connectivity index (χ4v) is 4.01. The van der Waals surface area contributed by atoms with E-state index in [-0.39, 0.29) is 18.6 Å². The summed E-state index contributed by atoms with van der Waals surface area (Å²) in [6.07, 6.45) is 3.58. The molecule has 1 aliphatic heterocycles. The molecule has 0 aliphatic carbocycles. The van der Waals surface area contributed by atoms with Gasteiger partial charge in [0, 0.05) is 23.4 Å². The van der Waals surface area contributed by atoms with Crippen LogP contribution < -0.4 is 15.4 Å². The number of ether oxygens (including phenoxy) is 1. The molecule has 3 heterocycles. The summed E-state index contributed by atoms with van der Waals surface area (Å²) in [5.74, 6) is -0.759. The largest absolute Gasteiger partial charge is 0.481 e. The molecule has 2 aromatic carbocycles. The lowest BCUT2D eigenvalue weighted by Gasteiger charge is -2.34. The minimum atomic E-state index is -0.483. The zero-order chi connectivity index (χ0) is 22.4. The van der Waals surface area contributed by atoms with E-state index in [1.165, 1.54) is 12.1 Å². The molecular weight excluding hydrogens is 411 g/mol. The van der Waals surface area contributed by atoms with E-state index in [4.69, 9.17) is 10.5 Å². The van der Waals surface area contributed by atoms with Crippen molar-refractivity contribution >= 4 is 23.0 Å². The van der Waals surface area contributed by atoms with Crippen LogP contribution in [0.2, 0.25) is 0 Å². The summed E-state index contributed by atoms with van der Waals surface area (Å²) in [6, 6.07) is 14.7. The molecule has 1 unspecified atom stereocenters. The Labute approximate surface area is 182 Å². The van der Waals surface area contributed by atoms with Crippen molar-refractivity contribution in [3.8, 4) is 16.9 Å². The average Bonchev–Trinajstić information content (AvgIpc) is 3.22. The predicted molar refractivity (Wildman–Crippen MR) is 117 cm³/mol. The summed E-state index contributed by atoms with van der Waals surface area (Å²) in [7, 11) is 0. The van der Waals surface area contributed by atoms with Gasteiger partial charge in [-0.3, -0.25) is 14.5 Å². The second-order valence-electron chi connectivity index (χ2n) is 7.63. The Morgan fingerprint density at radius 3 is 2.69 bits per heavy atom. The van der Waals surface area contributed by atoms with Crippen LogP contribution in [0.1, 0.15) is 28.9 Å². The second-order valence-corrected chi connectivity index (χ2v) is 7.63. The van der Waals surface area contributed by atoms with E-state index in [1.807, 2.05) is 37.4 Å². The Morgan fingerprint density at radius 1 is 1.16 bits per heavy atom. The van der Waals surface area contributed by atoms with E-state index in [0.29, 0.717) is 17.0 Å². The van der Waals surface area contributed by atoms with Crippen LogP contribution in [0.3, 0.4) is 0 Å². The monoisotopic (exact) mass is 430 g/mol. The van der Waals surface area contributed by atoms with Crippen LogP contribution in [0.25, 0.3) is 16.6 Å². The minimum Gasteiger partial charge on any atom is -0.481 e. The van der Waals surface area contributed by atoms with Crippen LogP contribution in [0.4, 0.5) is 10.1 Å². The van der Waals surface area contributed by atoms with Gasteiger partial charge in [-0.2, -0.15) is 5.10 Å². The average molecular weight is 430 g/mol. The Morgan fingerprint density at radius 2 is 1.94 bits per heavy atom. The Hall–Kier alpha value is -4.20. The lowest BCUT2D eigenvalue weighted by atomic mass is 10.0. The molecule has 0 saturated carbocycles. The van der Waals surface area contributed by atoms with Gasteiger partial charge in [-0.1, -0.05) is 12.1 Å². The van der Waals surface area contributed by atoms with Crippen molar-refractivity contribution in [2.24, 2.45) is 5.73 Å². The molecule has 8 heteroatoms. The number of carbonyl (C=O) groups is 2. The van der Waals surface area contributed by atoms with Gasteiger partial charge in [0.15, 0.2) is 6.61 Å². The standard InChI is InChI=1S/C24H19FN4O3/c1-14(29-20-7-6-18(25)11-22(20)32-13-23(29)30)17-8-9-28-21(10-17)19(12-27-28)15-2-4-16(5-3-15)24(26)31/h2-12,14H,13H2,1H3,(H2,26,31). The van der Waals surface area contributed by atoms with Crippen LogP contribution in [0, 0.1) is 5.82 Å². The van der Waals surface area contributed by atoms with Crippen molar-refractivity contribution in [2.45, 2.75) is 13.0 Å². The second kappa shape index (κ2) is 7.49. The number of nitrogens with two attached hydrogens (primary N) is 1. The molecule has 5 rings (SSSR count). The number of benzene rings is 2. The van der Waals surface area contributed by atoms with Gasteiger partial charge in [0.05, 0.1) is 23.4 Å². The third-order valence-corrected chi connectivity index (χ3v) is 5.70. The number of carbonyl (C=O) groups excluding carboxylic acids is 2. The van der Waals surface area contributed by atoms with Gasteiger partial charge in [-0.05, 0) is 54.4 Å². The maximum Gasteiger partial charge on any atom is 0.265 e. The maximum atomic E-state index is 13.6. The molecule has 0 fully saturated rings. The SMILES string of the molecule is CC(c1ccn2ncc(-c3ccc(C(N)=O)cc3)c2c1)N1C(=O)COc2cc(F)ccc21. The van der Waals surface area contributed by atoms with E-state index < -0.39 is 11.7 Å². The predicted octanol–water partition coefficient (Wildman–Crippen LogP) is 3.73. The molecule has 0 bridgehead atoms. The highest BCUT2D eigenvalue weighted by Gasteiger charge is 2.31. The summed E-state index contributed by atoms with van der Waals surface area (Å²) in [4.78, 5) is 25.7. The number of hydrogen-bond donors (Lipinski definition) is 1. The van der Waals surface area contributed by atoms with Crippen molar-refractivity contribution in [2.75, 3.05) is 11.5 Å². The zero-order valence-corrected chi connectivity index (χ0v) is 17.2. The highest BCUT2D eigenvalue weighted by Crippen LogP contribution is 2.38. The van der Waals surface area contributed by atoms with Crippen LogP contribution in [-0.2, 0) is 4.79 Å². The van der Waals surface area contributed by atoms with Crippen molar-refractivity contribution in [3.63, 3.8) is 0 Å². The molecule has 160 valence electrons. The molecule has 2 N–H and O–H groups in total. The van der Waals surface area contributed by atoms with Crippen LogP contribution >= 0.6 is 0 Å². The summed E-state index contributed by atoms with van der Waals surface area (Å²) in [6.45, 7) is 1.77. The van der Waals surface area contributed by atoms with Gasteiger partial charge in [0.25, 0.3) is 5.91 Å². The zero-order valence-electron chi connectivity index (χ0n) is 17.2. The summed E-state index contributed by atoms with van der Waals surface area (Å²) in [5.41, 5.74) is 9.80. The smallest absolute Gasteiger partial charge is 0.265 e. The molecule has 7 nitrogen and oxygen atoms in total. The molecular formula is C24H19FN4O3. The molecule has 1 aliphatic rings. The van der Waals surface area contributed by atoms with Gasteiger partial charge in [-0.15, -0.1) is 0 Å². The Kier molecular flexibility index (Phi) is 4.62. The van der Waals surface area contributed by atoms with Gasteiger partial charge in [0.1, 0.15) is 11.6 Å². The van der Waals surface area contributed by atoms with Crippen molar-refractivity contribution < 1.29 is 18.7 Å². The summed E-state index contributed by atoms with van der Waals surface area (Å²) in [5, 5.41) is 4.41. The number of pyridine rings is 1. The topological polar surface area (TPSA) is 89.9 Å². The molecule has 2 aromatic heterocycles. The number of nitrogens with zero attached hydrogens (tertiary/aromatic N) is 3. The third-order valence-electron chi connectivity index (χ3n) is 5.70. The van der Waals surface area contributed by atoms with Crippen LogP contribution in [-0.4, -0.2) is 28.0 Å². The van der Waals surface area contributed by atoms with Gasteiger partial charge < -0.3 is 10.5 Å². The van der Waals surface area contributed by atoms with Gasteiger partial charge in [-0.25, -0.2) is 8.91 Å². The lowest BCUT2D eigenvalue weighted by Crippen LogP contribution is -2.40. The van der Waals surface area contributed by atoms with E-state index in [1.54, 1.807) is 33.8 Å². The maximum absolute atomic E-state index is 13.6. The molecule has 0 spiro atoms.